The highest BCUT2D eigenvalue weighted by Gasteiger charge is 2.06. The molecule has 1 unspecified atom stereocenters. The third kappa shape index (κ3) is 1.49. The Kier molecular flexibility index (Phi) is 2.14. The van der Waals surface area contributed by atoms with Crippen molar-refractivity contribution in [3.63, 3.8) is 0 Å². The van der Waals surface area contributed by atoms with Crippen LogP contribution in [0, 0.1) is 0 Å². The van der Waals surface area contributed by atoms with Crippen molar-refractivity contribution < 1.29 is 9.52 Å². The van der Waals surface area contributed by atoms with Gasteiger partial charge in [0.2, 0.25) is 0 Å². The van der Waals surface area contributed by atoms with Crippen LogP contribution in [0.3, 0.4) is 0 Å². The normalized spacial score (nSPS) is 13.5. The number of aliphatic hydroxyl groups excluding tert-OH is 1. The van der Waals surface area contributed by atoms with Gasteiger partial charge in [-0.3, -0.25) is 0 Å². The molecular formula is C10H9BrO2. The van der Waals surface area contributed by atoms with Gasteiger partial charge < -0.3 is 9.52 Å². The predicted molar refractivity (Wildman–Crippen MR) is 54.5 cm³/mol. The maximum absolute atomic E-state index is 9.37. The highest BCUT2D eigenvalue weighted by Crippen LogP contribution is 2.28. The number of aliphatic hydroxyl groups is 1. The minimum Gasteiger partial charge on any atom is -0.463 e. The molecule has 13 heavy (non-hydrogen) atoms. The van der Waals surface area contributed by atoms with Gasteiger partial charge in [-0.05, 0) is 40.5 Å². The van der Waals surface area contributed by atoms with Crippen molar-refractivity contribution in [1.82, 2.24) is 0 Å². The van der Waals surface area contributed by atoms with Gasteiger partial charge in [0, 0.05) is 5.39 Å². The van der Waals surface area contributed by atoms with Crippen LogP contribution in [0.15, 0.2) is 33.4 Å². The van der Waals surface area contributed by atoms with E-state index in [4.69, 9.17) is 4.42 Å². The number of halogens is 1. The number of rotatable bonds is 1. The fraction of sp³-hybridized carbons (Fsp3) is 0.200. The van der Waals surface area contributed by atoms with E-state index in [0.717, 1.165) is 21.0 Å². The van der Waals surface area contributed by atoms with E-state index in [-0.39, 0.29) is 0 Å². The van der Waals surface area contributed by atoms with Crippen molar-refractivity contribution in [2.45, 2.75) is 13.0 Å². The fourth-order valence-corrected chi connectivity index (χ4v) is 1.68. The molecular weight excluding hydrogens is 232 g/mol. The monoisotopic (exact) mass is 240 g/mol. The Morgan fingerprint density at radius 2 is 2.23 bits per heavy atom. The van der Waals surface area contributed by atoms with Crippen LogP contribution >= 0.6 is 15.9 Å². The molecule has 1 aromatic heterocycles. The van der Waals surface area contributed by atoms with E-state index in [9.17, 15) is 5.11 Å². The first kappa shape index (κ1) is 8.78. The summed E-state index contributed by atoms with van der Waals surface area (Å²) < 4.78 is 6.18. The van der Waals surface area contributed by atoms with Crippen molar-refractivity contribution in [2.24, 2.45) is 0 Å². The maximum atomic E-state index is 9.37. The van der Waals surface area contributed by atoms with Crippen LogP contribution in [0.5, 0.6) is 0 Å². The fourth-order valence-electron chi connectivity index (χ4n) is 1.28. The summed E-state index contributed by atoms with van der Waals surface area (Å²) >= 11 is 3.37. The zero-order chi connectivity index (χ0) is 9.42. The van der Waals surface area contributed by atoms with Gasteiger partial charge in [0.15, 0.2) is 0 Å². The molecule has 0 aliphatic carbocycles. The number of hydrogen-bond acceptors (Lipinski definition) is 2. The van der Waals surface area contributed by atoms with E-state index in [1.54, 1.807) is 13.2 Å². The molecule has 1 heterocycles. The smallest absolute Gasteiger partial charge is 0.135 e. The van der Waals surface area contributed by atoms with Crippen LogP contribution in [0.4, 0.5) is 0 Å². The van der Waals surface area contributed by atoms with Crippen LogP contribution in [-0.2, 0) is 0 Å². The molecule has 1 atom stereocenters. The van der Waals surface area contributed by atoms with E-state index in [2.05, 4.69) is 15.9 Å². The van der Waals surface area contributed by atoms with Gasteiger partial charge in [0.25, 0.3) is 0 Å². The van der Waals surface area contributed by atoms with E-state index in [1.165, 1.54) is 0 Å². The molecule has 0 amide bonds. The molecule has 0 aliphatic heterocycles. The molecule has 68 valence electrons. The quantitative estimate of drug-likeness (QED) is 0.831. The van der Waals surface area contributed by atoms with E-state index < -0.39 is 6.10 Å². The third-order valence-corrected chi connectivity index (χ3v) is 2.65. The Morgan fingerprint density at radius 3 is 2.92 bits per heavy atom. The number of hydrogen-bond donors (Lipinski definition) is 1. The van der Waals surface area contributed by atoms with Crippen LogP contribution in [-0.4, -0.2) is 5.11 Å². The minimum absolute atomic E-state index is 0.439. The van der Waals surface area contributed by atoms with Crippen molar-refractivity contribution in [1.29, 1.82) is 0 Å². The van der Waals surface area contributed by atoms with Crippen LogP contribution < -0.4 is 0 Å². The zero-order valence-corrected chi connectivity index (χ0v) is 8.71. The van der Waals surface area contributed by atoms with Crippen molar-refractivity contribution >= 4 is 26.9 Å². The molecule has 1 N–H and O–H groups in total. The molecule has 0 saturated carbocycles. The molecule has 2 nitrogen and oxygen atoms in total. The Hall–Kier alpha value is -0.800. The van der Waals surface area contributed by atoms with Crippen LogP contribution in [0.25, 0.3) is 11.0 Å². The van der Waals surface area contributed by atoms with Crippen LogP contribution in [0.1, 0.15) is 18.6 Å². The summed E-state index contributed by atoms with van der Waals surface area (Å²) in [5.74, 6) is 0. The summed E-state index contributed by atoms with van der Waals surface area (Å²) in [4.78, 5) is 0. The standard InChI is InChI=1S/C10H9BrO2/c1-6(12)7-2-3-10-8(4-7)9(11)5-13-10/h2-6,12H,1H3. The Bertz CT molecular complexity index is 431. The van der Waals surface area contributed by atoms with Gasteiger partial charge in [-0.15, -0.1) is 0 Å². The molecule has 0 radical (unpaired) electrons. The van der Waals surface area contributed by atoms with Crippen LogP contribution in [0.2, 0.25) is 0 Å². The Balaban J connectivity index is 2.66. The molecule has 0 saturated heterocycles. The molecule has 2 aromatic rings. The van der Waals surface area contributed by atoms with Crippen molar-refractivity contribution in [2.75, 3.05) is 0 Å². The number of furan rings is 1. The first-order valence-corrected chi connectivity index (χ1v) is 4.82. The molecule has 1 aromatic carbocycles. The average molecular weight is 241 g/mol. The summed E-state index contributed by atoms with van der Waals surface area (Å²) in [5.41, 5.74) is 1.73. The lowest BCUT2D eigenvalue weighted by molar-refractivity contribution is 0.199. The van der Waals surface area contributed by atoms with Gasteiger partial charge >= 0.3 is 0 Å². The second-order valence-electron chi connectivity index (χ2n) is 3.02. The van der Waals surface area contributed by atoms with E-state index in [0.29, 0.717) is 0 Å². The SMILES string of the molecule is CC(O)c1ccc2occ(Br)c2c1. The lowest BCUT2D eigenvalue weighted by Crippen LogP contribution is -1.89. The lowest BCUT2D eigenvalue weighted by Gasteiger charge is -2.03. The first-order chi connectivity index (χ1) is 6.18. The highest BCUT2D eigenvalue weighted by atomic mass is 79.9. The topological polar surface area (TPSA) is 33.4 Å². The molecule has 3 heteroatoms. The van der Waals surface area contributed by atoms with Crippen molar-refractivity contribution in [3.8, 4) is 0 Å². The third-order valence-electron chi connectivity index (χ3n) is 2.03. The lowest BCUT2D eigenvalue weighted by atomic mass is 10.1. The summed E-state index contributed by atoms with van der Waals surface area (Å²) in [7, 11) is 0. The summed E-state index contributed by atoms with van der Waals surface area (Å²) in [6, 6.07) is 5.65. The molecule has 0 spiro atoms. The second kappa shape index (κ2) is 3.16. The van der Waals surface area contributed by atoms with Gasteiger partial charge in [-0.2, -0.15) is 0 Å². The van der Waals surface area contributed by atoms with Gasteiger partial charge in [-0.25, -0.2) is 0 Å². The molecule has 0 bridgehead atoms. The van der Waals surface area contributed by atoms with Gasteiger partial charge in [0.05, 0.1) is 10.6 Å². The first-order valence-electron chi connectivity index (χ1n) is 4.03. The van der Waals surface area contributed by atoms with E-state index in [1.807, 2.05) is 18.2 Å². The maximum Gasteiger partial charge on any atom is 0.135 e. The second-order valence-corrected chi connectivity index (χ2v) is 3.87. The number of benzene rings is 1. The van der Waals surface area contributed by atoms with Crippen molar-refractivity contribution in [3.05, 3.63) is 34.5 Å². The van der Waals surface area contributed by atoms with Gasteiger partial charge in [-0.1, -0.05) is 6.07 Å². The molecule has 0 aliphatic rings. The number of fused-ring (bicyclic) bond motifs is 1. The molecule has 0 fully saturated rings. The van der Waals surface area contributed by atoms with E-state index >= 15 is 0 Å². The highest BCUT2D eigenvalue weighted by molar-refractivity contribution is 9.10. The molecule has 2 rings (SSSR count). The summed E-state index contributed by atoms with van der Waals surface area (Å²) in [6.45, 7) is 1.75. The summed E-state index contributed by atoms with van der Waals surface area (Å²) in [6.07, 6.45) is 1.21. The Labute approximate surface area is 84.3 Å². The Morgan fingerprint density at radius 1 is 1.46 bits per heavy atom. The summed E-state index contributed by atoms with van der Waals surface area (Å²) in [5, 5.41) is 10.4. The predicted octanol–water partition coefficient (Wildman–Crippen LogP) is 3.25. The van der Waals surface area contributed by atoms with Gasteiger partial charge in [0.1, 0.15) is 11.8 Å². The average Bonchev–Trinajstić information content (AvgIpc) is 2.47. The zero-order valence-electron chi connectivity index (χ0n) is 7.12. The largest absolute Gasteiger partial charge is 0.463 e. The minimum atomic E-state index is -0.439.